The summed E-state index contributed by atoms with van der Waals surface area (Å²) in [6.07, 6.45) is 3.51. The molecule has 0 unspecified atom stereocenters. The zero-order valence-corrected chi connectivity index (χ0v) is 12.8. The van der Waals surface area contributed by atoms with Crippen molar-refractivity contribution in [1.82, 2.24) is 20.3 Å². The number of carbonyl (C=O) groups excluding carboxylic acids is 1. The molecule has 1 fully saturated rings. The summed E-state index contributed by atoms with van der Waals surface area (Å²) in [5, 5.41) is 13.8. The molecule has 1 aliphatic rings. The molecule has 0 radical (unpaired) electrons. The van der Waals surface area contributed by atoms with E-state index in [9.17, 15) is 13.6 Å². The van der Waals surface area contributed by atoms with Gasteiger partial charge in [-0.3, -0.25) is 4.79 Å². The number of benzene rings is 1. The van der Waals surface area contributed by atoms with Gasteiger partial charge in [0.1, 0.15) is 5.75 Å². The topological polar surface area (TPSA) is 81.1 Å². The van der Waals surface area contributed by atoms with Crippen molar-refractivity contribution in [3.05, 3.63) is 36.2 Å². The van der Waals surface area contributed by atoms with Crippen LogP contribution in [-0.4, -0.2) is 40.6 Å². The second kappa shape index (κ2) is 7.35. The van der Waals surface area contributed by atoms with Gasteiger partial charge in [0.25, 0.3) is 5.91 Å². The lowest BCUT2D eigenvalue weighted by Gasteiger charge is -2.22. The minimum absolute atomic E-state index is 0.0276. The molecule has 3 rings (SSSR count). The molecule has 1 aliphatic heterocycles. The van der Waals surface area contributed by atoms with Crippen molar-refractivity contribution in [3.63, 3.8) is 0 Å². The summed E-state index contributed by atoms with van der Waals surface area (Å²) in [6, 6.07) is 5.91. The monoisotopic (exact) mass is 337 g/mol. The van der Waals surface area contributed by atoms with Gasteiger partial charge in [0.05, 0.1) is 12.2 Å². The zero-order chi connectivity index (χ0) is 16.9. The molecule has 2 aromatic rings. The highest BCUT2D eigenvalue weighted by atomic mass is 19.3. The Morgan fingerprint density at radius 2 is 2.00 bits per heavy atom. The van der Waals surface area contributed by atoms with Crippen molar-refractivity contribution in [2.24, 2.45) is 0 Å². The molecule has 0 saturated carbocycles. The number of carbonyl (C=O) groups is 1. The fourth-order valence-corrected chi connectivity index (χ4v) is 2.55. The van der Waals surface area contributed by atoms with E-state index in [2.05, 4.69) is 25.7 Å². The highest BCUT2D eigenvalue weighted by molar-refractivity contribution is 6.02. The number of alkyl halides is 2. The third-order valence-electron chi connectivity index (χ3n) is 3.76. The van der Waals surface area contributed by atoms with Crippen molar-refractivity contribution in [2.45, 2.75) is 25.5 Å². The Labute approximate surface area is 137 Å². The summed E-state index contributed by atoms with van der Waals surface area (Å²) >= 11 is 0. The number of ether oxygens (including phenoxy) is 1. The summed E-state index contributed by atoms with van der Waals surface area (Å²) < 4.78 is 30.2. The van der Waals surface area contributed by atoms with E-state index in [1.807, 2.05) is 0 Å². The number of amides is 1. The first kappa shape index (κ1) is 16.3. The lowest BCUT2D eigenvalue weighted by molar-refractivity contribution is -0.0498. The molecule has 0 aliphatic carbocycles. The lowest BCUT2D eigenvalue weighted by Crippen LogP contribution is -2.29. The van der Waals surface area contributed by atoms with E-state index < -0.39 is 12.5 Å². The van der Waals surface area contributed by atoms with E-state index in [-0.39, 0.29) is 17.5 Å². The van der Waals surface area contributed by atoms with Crippen LogP contribution in [0.1, 0.15) is 29.4 Å². The van der Waals surface area contributed by atoms with Crippen molar-refractivity contribution < 1.29 is 18.3 Å². The van der Waals surface area contributed by atoms with Crippen LogP contribution in [0.2, 0.25) is 0 Å². The molecule has 2 N–H and O–H groups in total. The summed E-state index contributed by atoms with van der Waals surface area (Å²) in [5.74, 6) is -0.377. The smallest absolute Gasteiger partial charge is 0.387 e. The predicted molar refractivity (Wildman–Crippen MR) is 82.2 cm³/mol. The first-order chi connectivity index (χ1) is 11.6. The summed E-state index contributed by atoms with van der Waals surface area (Å²) in [4.78, 5) is 12.2. The number of hydrogen-bond donors (Lipinski definition) is 2. The Hall–Kier alpha value is -2.55. The molecule has 0 atom stereocenters. The molecule has 128 valence electrons. The number of nitrogens with zero attached hydrogens (tertiary/aromatic N) is 3. The Kier molecular flexibility index (Phi) is 4.99. The standard InChI is InChI=1S/C15H17F2N5O2/c16-15(17)24-12-3-1-10(2-4-12)19-14(23)13-9-22(21-20-13)11-5-7-18-8-6-11/h1-4,9,11,15,18H,5-8H2,(H,19,23). The number of hydrogen-bond acceptors (Lipinski definition) is 5. The number of aromatic nitrogens is 3. The molecule has 2 heterocycles. The maximum Gasteiger partial charge on any atom is 0.387 e. The molecular formula is C15H17F2N5O2. The van der Waals surface area contributed by atoms with Crippen LogP contribution < -0.4 is 15.4 Å². The maximum absolute atomic E-state index is 12.2. The minimum atomic E-state index is -2.88. The molecule has 24 heavy (non-hydrogen) atoms. The molecule has 0 bridgehead atoms. The van der Waals surface area contributed by atoms with Gasteiger partial charge < -0.3 is 15.4 Å². The Bertz CT molecular complexity index is 683. The van der Waals surface area contributed by atoms with Gasteiger partial charge in [-0.15, -0.1) is 5.10 Å². The number of nitrogens with one attached hydrogen (secondary N) is 2. The van der Waals surface area contributed by atoms with Gasteiger partial charge in [-0.05, 0) is 50.2 Å². The fraction of sp³-hybridized carbons (Fsp3) is 0.400. The van der Waals surface area contributed by atoms with Crippen molar-refractivity contribution >= 4 is 11.6 Å². The van der Waals surface area contributed by atoms with Crippen LogP contribution in [0, 0.1) is 0 Å². The van der Waals surface area contributed by atoms with Crippen LogP contribution in [0.3, 0.4) is 0 Å². The van der Waals surface area contributed by atoms with Crippen molar-refractivity contribution in [1.29, 1.82) is 0 Å². The van der Waals surface area contributed by atoms with Gasteiger partial charge in [0.2, 0.25) is 0 Å². The first-order valence-electron chi connectivity index (χ1n) is 7.60. The normalized spacial score (nSPS) is 15.5. The summed E-state index contributed by atoms with van der Waals surface area (Å²) in [6.45, 7) is -1.05. The molecule has 1 aromatic carbocycles. The number of anilines is 1. The zero-order valence-electron chi connectivity index (χ0n) is 12.8. The van der Waals surface area contributed by atoms with E-state index >= 15 is 0 Å². The van der Waals surface area contributed by atoms with Crippen LogP contribution in [0.15, 0.2) is 30.5 Å². The van der Waals surface area contributed by atoms with Gasteiger partial charge in [0, 0.05) is 5.69 Å². The average molecular weight is 337 g/mol. The van der Waals surface area contributed by atoms with Crippen molar-refractivity contribution in [2.75, 3.05) is 18.4 Å². The van der Waals surface area contributed by atoms with E-state index in [4.69, 9.17) is 0 Å². The Morgan fingerprint density at radius 3 is 2.67 bits per heavy atom. The van der Waals surface area contributed by atoms with E-state index in [0.717, 1.165) is 25.9 Å². The van der Waals surface area contributed by atoms with E-state index in [1.165, 1.54) is 24.3 Å². The Morgan fingerprint density at radius 1 is 1.29 bits per heavy atom. The second-order valence-electron chi connectivity index (χ2n) is 5.42. The molecule has 9 heteroatoms. The van der Waals surface area contributed by atoms with Gasteiger partial charge in [-0.1, -0.05) is 5.21 Å². The molecule has 7 nitrogen and oxygen atoms in total. The first-order valence-corrected chi connectivity index (χ1v) is 7.60. The van der Waals surface area contributed by atoms with Crippen LogP contribution in [0.25, 0.3) is 0 Å². The Balaban J connectivity index is 1.61. The third-order valence-corrected chi connectivity index (χ3v) is 3.76. The van der Waals surface area contributed by atoms with Crippen LogP contribution in [0.4, 0.5) is 14.5 Å². The van der Waals surface area contributed by atoms with Crippen molar-refractivity contribution in [3.8, 4) is 5.75 Å². The summed E-state index contributed by atoms with van der Waals surface area (Å²) in [5.41, 5.74) is 0.666. The van der Waals surface area contributed by atoms with Crippen LogP contribution in [0.5, 0.6) is 5.75 Å². The van der Waals surface area contributed by atoms with Crippen LogP contribution >= 0.6 is 0 Å². The maximum atomic E-state index is 12.2. The molecule has 1 saturated heterocycles. The van der Waals surface area contributed by atoms with Crippen LogP contribution in [-0.2, 0) is 0 Å². The predicted octanol–water partition coefficient (Wildman–Crippen LogP) is 2.06. The van der Waals surface area contributed by atoms with Gasteiger partial charge in [0.15, 0.2) is 5.69 Å². The minimum Gasteiger partial charge on any atom is -0.435 e. The van der Waals surface area contributed by atoms with Gasteiger partial charge in [-0.2, -0.15) is 8.78 Å². The number of piperidine rings is 1. The second-order valence-corrected chi connectivity index (χ2v) is 5.42. The van der Waals surface area contributed by atoms with E-state index in [0.29, 0.717) is 5.69 Å². The largest absolute Gasteiger partial charge is 0.435 e. The summed E-state index contributed by atoms with van der Waals surface area (Å²) in [7, 11) is 0. The number of halogens is 2. The van der Waals surface area contributed by atoms with E-state index in [1.54, 1.807) is 10.9 Å². The molecule has 1 amide bonds. The molecule has 0 spiro atoms. The fourth-order valence-electron chi connectivity index (χ4n) is 2.55. The number of rotatable bonds is 5. The van der Waals surface area contributed by atoms with Gasteiger partial charge >= 0.3 is 6.61 Å². The molecule has 1 aromatic heterocycles. The van der Waals surface area contributed by atoms with Gasteiger partial charge in [-0.25, -0.2) is 4.68 Å². The highest BCUT2D eigenvalue weighted by Gasteiger charge is 2.18. The average Bonchev–Trinajstić information content (AvgIpc) is 3.07. The quantitative estimate of drug-likeness (QED) is 0.873. The molecular weight excluding hydrogens is 320 g/mol. The highest BCUT2D eigenvalue weighted by Crippen LogP contribution is 2.19. The lowest BCUT2D eigenvalue weighted by atomic mass is 10.1. The SMILES string of the molecule is O=C(Nc1ccc(OC(F)F)cc1)c1cn(C2CCNCC2)nn1. The third kappa shape index (κ3) is 4.05.